The first kappa shape index (κ1) is 18.3. The number of anilines is 3. The Kier molecular flexibility index (Phi) is 5.79. The molecule has 3 rings (SSSR count). The maximum Gasteiger partial charge on any atom is 0.237 e. The van der Waals surface area contributed by atoms with Crippen molar-refractivity contribution >= 4 is 45.5 Å². The highest BCUT2D eigenvalue weighted by atomic mass is 32.2. The number of nitrogens with zero attached hydrogens (tertiary/aromatic N) is 2. The highest BCUT2D eigenvalue weighted by Gasteiger charge is 2.19. The van der Waals surface area contributed by atoms with E-state index in [1.165, 1.54) is 23.1 Å². The number of thioether (sulfide) groups is 1. The third-order valence-corrected chi connectivity index (χ3v) is 5.29. The molecule has 1 heterocycles. The van der Waals surface area contributed by atoms with Crippen molar-refractivity contribution < 1.29 is 13.6 Å². The van der Waals surface area contributed by atoms with E-state index < -0.39 is 22.8 Å². The highest BCUT2D eigenvalue weighted by molar-refractivity contribution is 8.02. The van der Waals surface area contributed by atoms with Crippen LogP contribution in [0, 0.1) is 11.6 Å². The quantitative estimate of drug-likeness (QED) is 0.596. The third kappa shape index (κ3) is 4.77. The van der Waals surface area contributed by atoms with Crippen molar-refractivity contribution in [2.75, 3.05) is 10.6 Å². The summed E-state index contributed by atoms with van der Waals surface area (Å²) in [6, 6.07) is 12.4. The van der Waals surface area contributed by atoms with Crippen molar-refractivity contribution in [1.82, 2.24) is 10.2 Å². The molecule has 0 fully saturated rings. The van der Waals surface area contributed by atoms with Crippen LogP contribution in [0.2, 0.25) is 0 Å². The van der Waals surface area contributed by atoms with Gasteiger partial charge in [-0.25, -0.2) is 8.78 Å². The lowest BCUT2D eigenvalue weighted by Gasteiger charge is -2.10. The van der Waals surface area contributed by atoms with Gasteiger partial charge in [-0.15, -0.1) is 10.2 Å². The number of nitrogens with one attached hydrogen (secondary N) is 2. The van der Waals surface area contributed by atoms with Crippen molar-refractivity contribution in [2.45, 2.75) is 16.5 Å². The Morgan fingerprint density at radius 1 is 1.15 bits per heavy atom. The summed E-state index contributed by atoms with van der Waals surface area (Å²) < 4.78 is 27.4. The van der Waals surface area contributed by atoms with Crippen LogP contribution in [0.4, 0.5) is 25.3 Å². The van der Waals surface area contributed by atoms with Crippen LogP contribution in [0.5, 0.6) is 0 Å². The molecule has 0 bridgehead atoms. The van der Waals surface area contributed by atoms with Crippen LogP contribution < -0.4 is 10.6 Å². The van der Waals surface area contributed by atoms with Crippen molar-refractivity contribution in [2.24, 2.45) is 0 Å². The molecule has 0 aliphatic carbocycles. The van der Waals surface area contributed by atoms with Gasteiger partial charge >= 0.3 is 0 Å². The molecule has 0 saturated carbocycles. The van der Waals surface area contributed by atoms with Crippen LogP contribution in [-0.4, -0.2) is 21.4 Å². The monoisotopic (exact) mass is 392 g/mol. The summed E-state index contributed by atoms with van der Waals surface area (Å²) in [5.74, 6) is -1.77. The molecule has 5 nitrogen and oxygen atoms in total. The summed E-state index contributed by atoms with van der Waals surface area (Å²) in [4.78, 5) is 12.2. The first-order valence-corrected chi connectivity index (χ1v) is 9.29. The fourth-order valence-electron chi connectivity index (χ4n) is 1.99. The van der Waals surface area contributed by atoms with Crippen molar-refractivity contribution in [1.29, 1.82) is 0 Å². The number of hydrogen-bond acceptors (Lipinski definition) is 6. The van der Waals surface area contributed by atoms with Crippen LogP contribution in [0.25, 0.3) is 0 Å². The SMILES string of the molecule is CC(Sc1nnc(Nc2ccccc2)s1)C(=O)Nc1cc(F)ccc1F. The second-order valence-corrected chi connectivity index (χ2v) is 7.80. The largest absolute Gasteiger partial charge is 0.330 e. The topological polar surface area (TPSA) is 66.9 Å². The van der Waals surface area contributed by atoms with E-state index in [0.29, 0.717) is 9.47 Å². The summed E-state index contributed by atoms with van der Waals surface area (Å²) in [5.41, 5.74) is 0.693. The van der Waals surface area contributed by atoms with E-state index in [9.17, 15) is 13.6 Å². The van der Waals surface area contributed by atoms with Crippen molar-refractivity contribution in [3.63, 3.8) is 0 Å². The Morgan fingerprint density at radius 3 is 2.69 bits per heavy atom. The summed E-state index contributed by atoms with van der Waals surface area (Å²) in [5, 5.41) is 13.6. The number of rotatable bonds is 6. The van der Waals surface area contributed by atoms with Crippen LogP contribution in [0.3, 0.4) is 0 Å². The van der Waals surface area contributed by atoms with E-state index in [1.807, 2.05) is 30.3 Å². The number of carbonyl (C=O) groups excluding carboxylic acids is 1. The van der Waals surface area contributed by atoms with Crippen molar-refractivity contribution in [3.05, 3.63) is 60.2 Å². The van der Waals surface area contributed by atoms with Gasteiger partial charge in [0.1, 0.15) is 11.6 Å². The Morgan fingerprint density at radius 2 is 1.92 bits per heavy atom. The molecule has 1 atom stereocenters. The molecule has 0 aliphatic rings. The number of aromatic nitrogens is 2. The number of benzene rings is 2. The van der Waals surface area contributed by atoms with Gasteiger partial charge in [0.05, 0.1) is 10.9 Å². The summed E-state index contributed by atoms with van der Waals surface area (Å²) in [6.07, 6.45) is 0. The van der Waals surface area contributed by atoms with E-state index in [1.54, 1.807) is 6.92 Å². The molecule has 3 aromatic rings. The molecular formula is C17H14F2N4OS2. The first-order valence-electron chi connectivity index (χ1n) is 7.59. The summed E-state index contributed by atoms with van der Waals surface area (Å²) in [6.45, 7) is 1.66. The van der Waals surface area contributed by atoms with Gasteiger partial charge in [-0.2, -0.15) is 0 Å². The number of para-hydroxylation sites is 1. The van der Waals surface area contributed by atoms with Gasteiger partial charge in [-0.1, -0.05) is 41.3 Å². The number of halogens is 2. The molecular weight excluding hydrogens is 378 g/mol. The summed E-state index contributed by atoms with van der Waals surface area (Å²) in [7, 11) is 0. The molecule has 2 N–H and O–H groups in total. The summed E-state index contributed by atoms with van der Waals surface area (Å²) >= 11 is 2.49. The Hall–Kier alpha value is -2.52. The molecule has 0 aliphatic heterocycles. The molecule has 1 unspecified atom stereocenters. The van der Waals surface area contributed by atoms with Gasteiger partial charge in [0.15, 0.2) is 4.34 Å². The van der Waals surface area contributed by atoms with Gasteiger partial charge in [-0.05, 0) is 31.2 Å². The minimum absolute atomic E-state index is 0.189. The highest BCUT2D eigenvalue weighted by Crippen LogP contribution is 2.31. The van der Waals surface area contributed by atoms with E-state index in [0.717, 1.165) is 23.9 Å². The van der Waals surface area contributed by atoms with Gasteiger partial charge in [-0.3, -0.25) is 4.79 Å². The van der Waals surface area contributed by atoms with Crippen molar-refractivity contribution in [3.8, 4) is 0 Å². The molecule has 0 radical (unpaired) electrons. The van der Waals surface area contributed by atoms with E-state index >= 15 is 0 Å². The third-order valence-electron chi connectivity index (χ3n) is 3.26. The van der Waals surface area contributed by atoms with Crippen LogP contribution in [-0.2, 0) is 4.79 Å². The molecule has 134 valence electrons. The molecule has 26 heavy (non-hydrogen) atoms. The Balaban J connectivity index is 1.60. The molecule has 1 aromatic heterocycles. The average Bonchev–Trinajstić information content (AvgIpc) is 3.05. The van der Waals surface area contributed by atoms with E-state index in [2.05, 4.69) is 20.8 Å². The molecule has 9 heteroatoms. The lowest BCUT2D eigenvalue weighted by Crippen LogP contribution is -2.23. The molecule has 2 aromatic carbocycles. The second kappa shape index (κ2) is 8.24. The molecule has 0 saturated heterocycles. The van der Waals surface area contributed by atoms with Gasteiger partial charge in [0.2, 0.25) is 11.0 Å². The van der Waals surface area contributed by atoms with Gasteiger partial charge in [0, 0.05) is 11.8 Å². The van der Waals surface area contributed by atoms with Crippen LogP contribution in [0.1, 0.15) is 6.92 Å². The normalized spacial score (nSPS) is 11.8. The van der Waals surface area contributed by atoms with E-state index in [4.69, 9.17) is 0 Å². The maximum absolute atomic E-state index is 13.6. The van der Waals surface area contributed by atoms with Crippen LogP contribution >= 0.6 is 23.1 Å². The Bertz CT molecular complexity index is 905. The number of carbonyl (C=O) groups is 1. The lowest BCUT2D eigenvalue weighted by atomic mass is 10.3. The zero-order valence-electron chi connectivity index (χ0n) is 13.6. The van der Waals surface area contributed by atoms with Gasteiger partial charge < -0.3 is 10.6 Å². The molecule has 0 spiro atoms. The predicted molar refractivity (Wildman–Crippen MR) is 99.9 cm³/mol. The average molecular weight is 392 g/mol. The fourth-order valence-corrected chi connectivity index (χ4v) is 3.90. The van der Waals surface area contributed by atoms with E-state index in [-0.39, 0.29) is 5.69 Å². The smallest absolute Gasteiger partial charge is 0.237 e. The molecule has 1 amide bonds. The number of amides is 1. The minimum Gasteiger partial charge on any atom is -0.330 e. The number of hydrogen-bond donors (Lipinski definition) is 2. The van der Waals surface area contributed by atoms with Gasteiger partial charge in [0.25, 0.3) is 0 Å². The predicted octanol–water partition coefficient (Wildman–Crippen LogP) is 4.68. The fraction of sp³-hybridized carbons (Fsp3) is 0.118. The maximum atomic E-state index is 13.6. The van der Waals surface area contributed by atoms with Crippen LogP contribution in [0.15, 0.2) is 52.9 Å². The first-order chi connectivity index (χ1) is 12.5. The minimum atomic E-state index is -0.692. The zero-order valence-corrected chi connectivity index (χ0v) is 15.2. The lowest BCUT2D eigenvalue weighted by molar-refractivity contribution is -0.115. The Labute approximate surface area is 156 Å². The standard InChI is InChI=1S/C17H14F2N4OS2/c1-10(15(24)21-14-9-11(18)7-8-13(14)19)25-17-23-22-16(26-17)20-12-5-3-2-4-6-12/h2-10H,1H3,(H,20,22)(H,21,24). The second-order valence-electron chi connectivity index (χ2n) is 5.24. The zero-order chi connectivity index (χ0) is 18.5.